The molecule has 0 saturated heterocycles. The van der Waals surface area contributed by atoms with Gasteiger partial charge in [-0.1, -0.05) is 48.5 Å². The van der Waals surface area contributed by atoms with E-state index in [4.69, 9.17) is 4.98 Å². The van der Waals surface area contributed by atoms with Crippen LogP contribution in [0.25, 0.3) is 11.0 Å². The number of imidazole rings is 1. The van der Waals surface area contributed by atoms with E-state index in [2.05, 4.69) is 53.6 Å². The van der Waals surface area contributed by atoms with Crippen molar-refractivity contribution < 1.29 is 0 Å². The third kappa shape index (κ3) is 2.29. The van der Waals surface area contributed by atoms with Crippen LogP contribution in [-0.2, 0) is 13.0 Å². The minimum absolute atomic E-state index is 0.793. The third-order valence-corrected chi connectivity index (χ3v) is 3.24. The largest absolute Gasteiger partial charge is 0.323 e. The second-order valence-electron chi connectivity index (χ2n) is 4.58. The number of nitrogens with zero attached hydrogens (tertiary/aromatic N) is 2. The van der Waals surface area contributed by atoms with Gasteiger partial charge in [0.2, 0.25) is 0 Å². The highest BCUT2D eigenvalue weighted by molar-refractivity contribution is 5.76. The van der Waals surface area contributed by atoms with E-state index < -0.39 is 0 Å². The molecule has 0 atom stereocenters. The van der Waals surface area contributed by atoms with Gasteiger partial charge in [0.05, 0.1) is 11.0 Å². The van der Waals surface area contributed by atoms with E-state index in [1.165, 1.54) is 11.1 Å². The van der Waals surface area contributed by atoms with Gasteiger partial charge in [-0.05, 0) is 17.7 Å². The quantitative estimate of drug-likeness (QED) is 0.642. The SMILES string of the molecule is C=CCc1nc2ccccc2n1Cc1ccccc1. The smallest absolute Gasteiger partial charge is 0.113 e. The van der Waals surface area contributed by atoms with Crippen molar-refractivity contribution >= 4 is 11.0 Å². The minimum atomic E-state index is 0.793. The highest BCUT2D eigenvalue weighted by Gasteiger charge is 2.09. The van der Waals surface area contributed by atoms with E-state index in [1.807, 2.05) is 18.2 Å². The lowest BCUT2D eigenvalue weighted by Crippen LogP contribution is -2.04. The molecule has 0 aliphatic heterocycles. The summed E-state index contributed by atoms with van der Waals surface area (Å²) in [4.78, 5) is 4.69. The molecule has 3 rings (SSSR count). The highest BCUT2D eigenvalue weighted by atomic mass is 15.1. The topological polar surface area (TPSA) is 17.8 Å². The summed E-state index contributed by atoms with van der Waals surface area (Å²) in [5.74, 6) is 1.07. The molecule has 0 spiro atoms. The molecule has 19 heavy (non-hydrogen) atoms. The van der Waals surface area contributed by atoms with Gasteiger partial charge in [0, 0.05) is 13.0 Å². The van der Waals surface area contributed by atoms with E-state index in [0.29, 0.717) is 0 Å². The molecule has 0 fully saturated rings. The summed E-state index contributed by atoms with van der Waals surface area (Å²) < 4.78 is 2.27. The summed E-state index contributed by atoms with van der Waals surface area (Å²) >= 11 is 0. The van der Waals surface area contributed by atoms with E-state index in [9.17, 15) is 0 Å². The fourth-order valence-electron chi connectivity index (χ4n) is 2.35. The Hall–Kier alpha value is -2.35. The van der Waals surface area contributed by atoms with Crippen molar-refractivity contribution in [3.63, 3.8) is 0 Å². The maximum atomic E-state index is 4.69. The normalized spacial score (nSPS) is 10.7. The van der Waals surface area contributed by atoms with Crippen LogP contribution in [-0.4, -0.2) is 9.55 Å². The van der Waals surface area contributed by atoms with Crippen LogP contribution in [0, 0.1) is 0 Å². The molecule has 0 saturated carbocycles. The van der Waals surface area contributed by atoms with Crippen molar-refractivity contribution in [1.29, 1.82) is 0 Å². The lowest BCUT2D eigenvalue weighted by molar-refractivity contribution is 0.768. The Bertz CT molecular complexity index is 696. The van der Waals surface area contributed by atoms with Gasteiger partial charge < -0.3 is 4.57 Å². The van der Waals surface area contributed by atoms with Crippen LogP contribution in [0.2, 0.25) is 0 Å². The lowest BCUT2D eigenvalue weighted by atomic mass is 10.2. The number of hydrogen-bond acceptors (Lipinski definition) is 1. The molecule has 3 aromatic rings. The Morgan fingerprint density at radius 1 is 1.00 bits per heavy atom. The fourth-order valence-corrected chi connectivity index (χ4v) is 2.35. The summed E-state index contributed by atoms with van der Waals surface area (Å²) in [6, 6.07) is 18.7. The molecular weight excluding hydrogens is 232 g/mol. The monoisotopic (exact) mass is 248 g/mol. The van der Waals surface area contributed by atoms with E-state index in [1.54, 1.807) is 0 Å². The number of allylic oxidation sites excluding steroid dienone is 1. The van der Waals surface area contributed by atoms with Crippen LogP contribution in [0.4, 0.5) is 0 Å². The lowest BCUT2D eigenvalue weighted by Gasteiger charge is -2.08. The number of hydrogen-bond donors (Lipinski definition) is 0. The number of para-hydroxylation sites is 2. The standard InChI is InChI=1S/C17H16N2/c1-2-8-17-18-15-11-6-7-12-16(15)19(17)13-14-9-4-3-5-10-14/h2-7,9-12H,1,8,13H2. The zero-order valence-electron chi connectivity index (χ0n) is 10.8. The van der Waals surface area contributed by atoms with Crippen molar-refractivity contribution in [2.75, 3.05) is 0 Å². The van der Waals surface area contributed by atoms with E-state index in [0.717, 1.165) is 24.3 Å². The molecule has 0 bridgehead atoms. The Labute approximate surface area is 113 Å². The van der Waals surface area contributed by atoms with Gasteiger partial charge in [0.15, 0.2) is 0 Å². The van der Waals surface area contributed by atoms with Crippen LogP contribution in [0.15, 0.2) is 67.3 Å². The molecule has 0 aliphatic carbocycles. The molecule has 1 aromatic heterocycles. The summed E-state index contributed by atoms with van der Waals surface area (Å²) in [5, 5.41) is 0. The molecule has 1 heterocycles. The molecule has 2 nitrogen and oxygen atoms in total. The zero-order chi connectivity index (χ0) is 13.1. The Morgan fingerprint density at radius 3 is 2.53 bits per heavy atom. The number of rotatable bonds is 4. The van der Waals surface area contributed by atoms with Crippen molar-refractivity contribution in [3.05, 3.63) is 78.6 Å². The Morgan fingerprint density at radius 2 is 1.74 bits per heavy atom. The van der Waals surface area contributed by atoms with Gasteiger partial charge >= 0.3 is 0 Å². The van der Waals surface area contributed by atoms with Crippen molar-refractivity contribution in [2.45, 2.75) is 13.0 Å². The minimum Gasteiger partial charge on any atom is -0.323 e. The first kappa shape index (κ1) is 11.7. The maximum Gasteiger partial charge on any atom is 0.113 e. The number of fused-ring (bicyclic) bond motifs is 1. The molecule has 0 amide bonds. The Balaban J connectivity index is 2.09. The Kier molecular flexibility index (Phi) is 3.15. The average Bonchev–Trinajstić information content (AvgIpc) is 2.79. The predicted octanol–water partition coefficient (Wildman–Crippen LogP) is 3.81. The molecule has 0 aliphatic rings. The van der Waals surface area contributed by atoms with Crippen molar-refractivity contribution in [3.8, 4) is 0 Å². The van der Waals surface area contributed by atoms with Crippen LogP contribution in [0.1, 0.15) is 11.4 Å². The predicted molar refractivity (Wildman–Crippen MR) is 79.2 cm³/mol. The number of benzene rings is 2. The van der Waals surface area contributed by atoms with Crippen molar-refractivity contribution in [2.24, 2.45) is 0 Å². The average molecular weight is 248 g/mol. The van der Waals surface area contributed by atoms with Gasteiger partial charge in [0.25, 0.3) is 0 Å². The van der Waals surface area contributed by atoms with Crippen LogP contribution in [0.5, 0.6) is 0 Å². The first-order valence-electron chi connectivity index (χ1n) is 6.47. The van der Waals surface area contributed by atoms with E-state index >= 15 is 0 Å². The van der Waals surface area contributed by atoms with Gasteiger partial charge in [-0.25, -0.2) is 4.98 Å². The van der Waals surface area contributed by atoms with Gasteiger partial charge in [-0.3, -0.25) is 0 Å². The second kappa shape index (κ2) is 5.11. The van der Waals surface area contributed by atoms with Gasteiger partial charge in [-0.2, -0.15) is 0 Å². The molecule has 94 valence electrons. The van der Waals surface area contributed by atoms with Crippen LogP contribution < -0.4 is 0 Å². The van der Waals surface area contributed by atoms with Crippen LogP contribution in [0.3, 0.4) is 0 Å². The molecule has 0 N–H and O–H groups in total. The summed E-state index contributed by atoms with van der Waals surface area (Å²) in [5.41, 5.74) is 3.52. The summed E-state index contributed by atoms with van der Waals surface area (Å²) in [7, 11) is 0. The first-order valence-corrected chi connectivity index (χ1v) is 6.47. The maximum absolute atomic E-state index is 4.69. The molecule has 2 heteroatoms. The van der Waals surface area contributed by atoms with Crippen LogP contribution >= 0.6 is 0 Å². The molecular formula is C17H16N2. The second-order valence-corrected chi connectivity index (χ2v) is 4.58. The van der Waals surface area contributed by atoms with Gasteiger partial charge in [-0.15, -0.1) is 6.58 Å². The summed E-state index contributed by atoms with van der Waals surface area (Å²) in [6.45, 7) is 4.67. The molecule has 2 aromatic carbocycles. The highest BCUT2D eigenvalue weighted by Crippen LogP contribution is 2.18. The fraction of sp³-hybridized carbons (Fsp3) is 0.118. The third-order valence-electron chi connectivity index (χ3n) is 3.24. The molecule has 0 radical (unpaired) electrons. The van der Waals surface area contributed by atoms with E-state index in [-0.39, 0.29) is 0 Å². The van der Waals surface area contributed by atoms with Gasteiger partial charge in [0.1, 0.15) is 5.82 Å². The number of aromatic nitrogens is 2. The van der Waals surface area contributed by atoms with Crippen molar-refractivity contribution in [1.82, 2.24) is 9.55 Å². The molecule has 0 unspecified atom stereocenters. The summed E-state index contributed by atoms with van der Waals surface area (Å²) in [6.07, 6.45) is 2.70. The zero-order valence-corrected chi connectivity index (χ0v) is 10.8. The first-order chi connectivity index (χ1) is 9.38.